The molecular formula is C14H17N3. The maximum atomic E-state index is 5.96. The summed E-state index contributed by atoms with van der Waals surface area (Å²) in [4.78, 5) is 6.48. The molecule has 0 saturated carbocycles. The van der Waals surface area contributed by atoms with Crippen molar-refractivity contribution in [2.45, 2.75) is 13.0 Å². The van der Waals surface area contributed by atoms with Crippen LogP contribution in [0.15, 0.2) is 48.7 Å². The quantitative estimate of drug-likeness (QED) is 0.876. The molecule has 0 radical (unpaired) electrons. The van der Waals surface area contributed by atoms with Crippen LogP contribution in [0.25, 0.3) is 0 Å². The molecule has 3 nitrogen and oxygen atoms in total. The first-order valence-corrected chi connectivity index (χ1v) is 5.69. The van der Waals surface area contributed by atoms with Crippen LogP contribution in [0.5, 0.6) is 0 Å². The van der Waals surface area contributed by atoms with Crippen LogP contribution in [-0.2, 0) is 0 Å². The van der Waals surface area contributed by atoms with E-state index in [1.165, 1.54) is 0 Å². The number of aromatic nitrogens is 1. The molecule has 0 spiro atoms. The van der Waals surface area contributed by atoms with E-state index in [2.05, 4.69) is 22.0 Å². The number of benzene rings is 1. The summed E-state index contributed by atoms with van der Waals surface area (Å²) in [6.45, 7) is 1.97. The fourth-order valence-electron chi connectivity index (χ4n) is 1.82. The molecule has 1 unspecified atom stereocenters. The third kappa shape index (κ3) is 2.45. The standard InChI is InChI=1S/C14H17N3/c1-11(15)13-9-6-10-16-14(13)17(2)12-7-4-3-5-8-12/h3-11H,15H2,1-2H3. The molecule has 0 fully saturated rings. The third-order valence-corrected chi connectivity index (χ3v) is 2.77. The molecule has 0 aliphatic heterocycles. The fraction of sp³-hybridized carbons (Fsp3) is 0.214. The minimum Gasteiger partial charge on any atom is -0.329 e. The SMILES string of the molecule is CC(N)c1cccnc1N(C)c1ccccc1. The predicted octanol–water partition coefficient (Wildman–Crippen LogP) is 2.87. The van der Waals surface area contributed by atoms with Gasteiger partial charge in [-0.1, -0.05) is 24.3 Å². The monoisotopic (exact) mass is 227 g/mol. The van der Waals surface area contributed by atoms with Gasteiger partial charge in [-0.2, -0.15) is 0 Å². The molecule has 2 rings (SSSR count). The lowest BCUT2D eigenvalue weighted by molar-refractivity contribution is 0.808. The molecule has 1 heterocycles. The van der Waals surface area contributed by atoms with Crippen LogP contribution in [-0.4, -0.2) is 12.0 Å². The van der Waals surface area contributed by atoms with Gasteiger partial charge in [0.05, 0.1) is 0 Å². The third-order valence-electron chi connectivity index (χ3n) is 2.77. The van der Waals surface area contributed by atoms with Gasteiger partial charge < -0.3 is 10.6 Å². The Hall–Kier alpha value is -1.87. The van der Waals surface area contributed by atoms with E-state index in [4.69, 9.17) is 5.73 Å². The van der Waals surface area contributed by atoms with Crippen LogP contribution >= 0.6 is 0 Å². The summed E-state index contributed by atoms with van der Waals surface area (Å²) < 4.78 is 0. The zero-order chi connectivity index (χ0) is 12.3. The van der Waals surface area contributed by atoms with Gasteiger partial charge in [-0.25, -0.2) is 4.98 Å². The van der Waals surface area contributed by atoms with Crippen molar-refractivity contribution < 1.29 is 0 Å². The smallest absolute Gasteiger partial charge is 0.137 e. The van der Waals surface area contributed by atoms with E-state index < -0.39 is 0 Å². The average Bonchev–Trinajstić information content (AvgIpc) is 2.39. The van der Waals surface area contributed by atoms with E-state index in [9.17, 15) is 0 Å². The topological polar surface area (TPSA) is 42.1 Å². The average molecular weight is 227 g/mol. The lowest BCUT2D eigenvalue weighted by Crippen LogP contribution is -2.16. The highest BCUT2D eigenvalue weighted by Gasteiger charge is 2.12. The number of para-hydroxylation sites is 1. The molecule has 3 heteroatoms. The number of hydrogen-bond donors (Lipinski definition) is 1. The molecular weight excluding hydrogens is 210 g/mol. The molecule has 88 valence electrons. The van der Waals surface area contributed by atoms with Crippen molar-refractivity contribution in [2.24, 2.45) is 5.73 Å². The number of hydrogen-bond acceptors (Lipinski definition) is 3. The molecule has 1 aromatic heterocycles. The maximum Gasteiger partial charge on any atom is 0.137 e. The second-order valence-electron chi connectivity index (χ2n) is 4.10. The number of rotatable bonds is 3. The number of anilines is 2. The van der Waals surface area contributed by atoms with E-state index in [0.29, 0.717) is 0 Å². The Balaban J connectivity index is 2.41. The largest absolute Gasteiger partial charge is 0.329 e. The highest BCUT2D eigenvalue weighted by molar-refractivity contribution is 5.62. The van der Waals surface area contributed by atoms with E-state index in [1.54, 1.807) is 6.20 Å². The Morgan fingerprint density at radius 2 is 1.82 bits per heavy atom. The summed E-state index contributed by atoms with van der Waals surface area (Å²) in [6.07, 6.45) is 1.79. The minimum absolute atomic E-state index is 0.0233. The van der Waals surface area contributed by atoms with E-state index in [0.717, 1.165) is 17.1 Å². The number of nitrogens with two attached hydrogens (primary N) is 1. The fourth-order valence-corrected chi connectivity index (χ4v) is 1.82. The normalized spacial score (nSPS) is 12.2. The Kier molecular flexibility index (Phi) is 3.40. The first kappa shape index (κ1) is 11.6. The van der Waals surface area contributed by atoms with Crippen molar-refractivity contribution >= 4 is 11.5 Å². The van der Waals surface area contributed by atoms with Crippen LogP contribution in [0, 0.1) is 0 Å². The van der Waals surface area contributed by atoms with Crippen LogP contribution in [0.1, 0.15) is 18.5 Å². The van der Waals surface area contributed by atoms with Crippen LogP contribution in [0.2, 0.25) is 0 Å². The van der Waals surface area contributed by atoms with Gasteiger partial charge in [-0.15, -0.1) is 0 Å². The zero-order valence-electron chi connectivity index (χ0n) is 10.2. The van der Waals surface area contributed by atoms with Crippen LogP contribution in [0.4, 0.5) is 11.5 Å². The molecule has 0 saturated heterocycles. The van der Waals surface area contributed by atoms with Crippen molar-refractivity contribution in [3.8, 4) is 0 Å². The molecule has 1 atom stereocenters. The summed E-state index contributed by atoms with van der Waals surface area (Å²) in [5, 5.41) is 0. The Morgan fingerprint density at radius 1 is 1.12 bits per heavy atom. The van der Waals surface area contributed by atoms with Crippen molar-refractivity contribution in [3.63, 3.8) is 0 Å². The molecule has 0 aliphatic rings. The maximum absolute atomic E-state index is 5.96. The van der Waals surface area contributed by atoms with Crippen LogP contribution in [0.3, 0.4) is 0 Å². The highest BCUT2D eigenvalue weighted by atomic mass is 15.2. The van der Waals surface area contributed by atoms with E-state index >= 15 is 0 Å². The first-order chi connectivity index (χ1) is 8.20. The Labute approximate surface area is 102 Å². The highest BCUT2D eigenvalue weighted by Crippen LogP contribution is 2.27. The van der Waals surface area contributed by atoms with Crippen molar-refractivity contribution in [2.75, 3.05) is 11.9 Å². The van der Waals surface area contributed by atoms with Gasteiger partial charge in [0, 0.05) is 30.5 Å². The van der Waals surface area contributed by atoms with Crippen molar-refractivity contribution in [1.82, 2.24) is 4.98 Å². The molecule has 2 aromatic rings. The lowest BCUT2D eigenvalue weighted by atomic mass is 10.1. The molecule has 0 aliphatic carbocycles. The number of pyridine rings is 1. The van der Waals surface area contributed by atoms with Crippen molar-refractivity contribution in [1.29, 1.82) is 0 Å². The first-order valence-electron chi connectivity index (χ1n) is 5.69. The summed E-state index contributed by atoms with van der Waals surface area (Å²) in [5.41, 5.74) is 8.12. The molecule has 1 aromatic carbocycles. The van der Waals surface area contributed by atoms with Gasteiger partial charge in [-0.3, -0.25) is 0 Å². The van der Waals surface area contributed by atoms with Gasteiger partial charge >= 0.3 is 0 Å². The van der Waals surface area contributed by atoms with Crippen LogP contribution < -0.4 is 10.6 Å². The van der Waals surface area contributed by atoms with E-state index in [1.807, 2.05) is 44.3 Å². The molecule has 17 heavy (non-hydrogen) atoms. The second-order valence-corrected chi connectivity index (χ2v) is 4.10. The molecule has 2 N–H and O–H groups in total. The molecule has 0 amide bonds. The van der Waals surface area contributed by atoms with Gasteiger partial charge in [0.25, 0.3) is 0 Å². The lowest BCUT2D eigenvalue weighted by Gasteiger charge is -2.22. The predicted molar refractivity (Wildman–Crippen MR) is 71.3 cm³/mol. The summed E-state index contributed by atoms with van der Waals surface area (Å²) in [6, 6.07) is 14.1. The number of nitrogens with zero attached hydrogens (tertiary/aromatic N) is 2. The zero-order valence-corrected chi connectivity index (χ0v) is 10.2. The van der Waals surface area contributed by atoms with Crippen molar-refractivity contribution in [3.05, 3.63) is 54.2 Å². The van der Waals surface area contributed by atoms with Gasteiger partial charge in [0.2, 0.25) is 0 Å². The minimum atomic E-state index is -0.0233. The summed E-state index contributed by atoms with van der Waals surface area (Å²) in [5.74, 6) is 0.911. The Bertz CT molecular complexity index is 480. The van der Waals surface area contributed by atoms with Gasteiger partial charge in [0.15, 0.2) is 0 Å². The summed E-state index contributed by atoms with van der Waals surface area (Å²) >= 11 is 0. The Morgan fingerprint density at radius 3 is 2.47 bits per heavy atom. The van der Waals surface area contributed by atoms with Gasteiger partial charge in [0.1, 0.15) is 5.82 Å². The van der Waals surface area contributed by atoms with E-state index in [-0.39, 0.29) is 6.04 Å². The molecule has 0 bridgehead atoms. The second kappa shape index (κ2) is 4.97. The summed E-state index contributed by atoms with van der Waals surface area (Å²) in [7, 11) is 2.00. The van der Waals surface area contributed by atoms with Gasteiger partial charge in [-0.05, 0) is 25.1 Å².